The first-order valence-corrected chi connectivity index (χ1v) is 5.76. The van der Waals surface area contributed by atoms with Gasteiger partial charge in [0.2, 0.25) is 0 Å². The largest absolute Gasteiger partial charge is 0.299 e. The third kappa shape index (κ3) is 0.812. The Morgan fingerprint density at radius 2 is 2.15 bits per heavy atom. The number of ketones is 1. The fourth-order valence-electron chi connectivity index (χ4n) is 4.55. The smallest absolute Gasteiger partial charge is 0.136 e. The number of carbonyl (C=O) groups is 1. The lowest BCUT2D eigenvalue weighted by Crippen LogP contribution is -2.58. The first-order valence-electron chi connectivity index (χ1n) is 5.76. The van der Waals surface area contributed by atoms with E-state index in [-0.39, 0.29) is 0 Å². The van der Waals surface area contributed by atoms with Gasteiger partial charge in [0.05, 0.1) is 0 Å². The Balaban J connectivity index is 1.93. The highest BCUT2D eigenvalue weighted by atomic mass is 16.1. The summed E-state index contributed by atoms with van der Waals surface area (Å²) in [6, 6.07) is 0. The van der Waals surface area contributed by atoms with E-state index in [1.54, 1.807) is 0 Å². The van der Waals surface area contributed by atoms with Crippen LogP contribution >= 0.6 is 0 Å². The third-order valence-corrected chi connectivity index (χ3v) is 5.04. The summed E-state index contributed by atoms with van der Waals surface area (Å²) in [6.07, 6.45) is 7.50. The molecule has 3 saturated carbocycles. The van der Waals surface area contributed by atoms with Crippen molar-refractivity contribution in [3.63, 3.8) is 0 Å². The molecule has 4 atom stereocenters. The predicted octanol–water partition coefficient (Wildman–Crippen LogP) is 2.79. The maximum Gasteiger partial charge on any atom is 0.136 e. The molecule has 13 heavy (non-hydrogen) atoms. The van der Waals surface area contributed by atoms with Crippen LogP contribution in [0.15, 0.2) is 0 Å². The van der Waals surface area contributed by atoms with Crippen molar-refractivity contribution in [2.45, 2.75) is 45.4 Å². The van der Waals surface area contributed by atoms with Crippen LogP contribution < -0.4 is 0 Å². The molecule has 72 valence electrons. The van der Waals surface area contributed by atoms with Gasteiger partial charge in [-0.3, -0.25) is 4.79 Å². The topological polar surface area (TPSA) is 17.1 Å². The monoisotopic (exact) mass is 178 g/mol. The van der Waals surface area contributed by atoms with Crippen molar-refractivity contribution in [3.8, 4) is 0 Å². The van der Waals surface area contributed by atoms with Gasteiger partial charge >= 0.3 is 0 Å². The average Bonchev–Trinajstić information content (AvgIpc) is 2.48. The molecule has 0 aromatic rings. The predicted molar refractivity (Wildman–Crippen MR) is 51.3 cm³/mol. The van der Waals surface area contributed by atoms with E-state index in [0.29, 0.717) is 17.1 Å². The van der Waals surface area contributed by atoms with E-state index in [1.165, 1.54) is 25.7 Å². The molecule has 0 N–H and O–H groups in total. The number of hydrogen-bond donors (Lipinski definition) is 0. The molecule has 0 amide bonds. The van der Waals surface area contributed by atoms with E-state index in [1.807, 2.05) is 0 Å². The maximum atomic E-state index is 11.8. The van der Waals surface area contributed by atoms with Gasteiger partial charge in [0.15, 0.2) is 0 Å². The zero-order valence-corrected chi connectivity index (χ0v) is 8.38. The Kier molecular flexibility index (Phi) is 1.46. The maximum absolute atomic E-state index is 11.8. The number of carbonyl (C=O) groups excluding carboxylic acids is 1. The van der Waals surface area contributed by atoms with E-state index >= 15 is 0 Å². The van der Waals surface area contributed by atoms with Gasteiger partial charge in [-0.2, -0.15) is 0 Å². The molecule has 0 aromatic heterocycles. The minimum Gasteiger partial charge on any atom is -0.299 e. The second-order valence-electron chi connectivity index (χ2n) is 5.50. The van der Waals surface area contributed by atoms with Gasteiger partial charge in [-0.15, -0.1) is 0 Å². The molecule has 3 aliphatic carbocycles. The van der Waals surface area contributed by atoms with Crippen molar-refractivity contribution in [1.82, 2.24) is 0 Å². The molecule has 3 aliphatic rings. The fraction of sp³-hybridized carbons (Fsp3) is 0.917. The van der Waals surface area contributed by atoms with E-state index < -0.39 is 0 Å². The molecule has 3 fully saturated rings. The van der Waals surface area contributed by atoms with E-state index in [9.17, 15) is 4.79 Å². The quantitative estimate of drug-likeness (QED) is 0.557. The van der Waals surface area contributed by atoms with Crippen LogP contribution in [0.5, 0.6) is 0 Å². The Morgan fingerprint density at radius 1 is 1.31 bits per heavy atom. The second kappa shape index (κ2) is 2.37. The Labute approximate surface area is 79.9 Å². The van der Waals surface area contributed by atoms with Gasteiger partial charge in [-0.1, -0.05) is 13.3 Å². The van der Waals surface area contributed by atoms with Gasteiger partial charge in [0, 0.05) is 12.3 Å². The summed E-state index contributed by atoms with van der Waals surface area (Å²) in [4.78, 5) is 11.8. The standard InChI is InChI=1S/C12H18O/c1-12-7-3-6-10(13)11(12)8-4-2-5-9(8)12/h8-9,11H,2-7H2,1H3. The van der Waals surface area contributed by atoms with Crippen molar-refractivity contribution >= 4 is 5.78 Å². The lowest BCUT2D eigenvalue weighted by molar-refractivity contribution is -0.160. The number of rotatable bonds is 0. The number of fused-ring (bicyclic) bond motifs is 4. The summed E-state index contributed by atoms with van der Waals surface area (Å²) < 4.78 is 0. The van der Waals surface area contributed by atoms with Crippen LogP contribution in [-0.2, 0) is 4.79 Å². The first-order chi connectivity index (χ1) is 6.23. The molecule has 0 aromatic carbocycles. The van der Waals surface area contributed by atoms with Gasteiger partial charge < -0.3 is 0 Å². The summed E-state index contributed by atoms with van der Waals surface area (Å²) >= 11 is 0. The van der Waals surface area contributed by atoms with E-state index in [0.717, 1.165) is 24.7 Å². The zero-order valence-electron chi connectivity index (χ0n) is 8.38. The summed E-state index contributed by atoms with van der Waals surface area (Å²) in [5.74, 6) is 2.80. The molecular formula is C12H18O. The van der Waals surface area contributed by atoms with Crippen molar-refractivity contribution < 1.29 is 4.79 Å². The Bertz CT molecular complexity index is 258. The minimum atomic E-state index is 0.441. The molecule has 0 spiro atoms. The molecule has 1 nitrogen and oxygen atoms in total. The van der Waals surface area contributed by atoms with Crippen LogP contribution in [0.2, 0.25) is 0 Å². The lowest BCUT2D eigenvalue weighted by Gasteiger charge is -2.59. The third-order valence-electron chi connectivity index (χ3n) is 5.04. The highest BCUT2D eigenvalue weighted by Gasteiger charge is 2.63. The van der Waals surface area contributed by atoms with Crippen molar-refractivity contribution in [2.24, 2.45) is 23.2 Å². The van der Waals surface area contributed by atoms with E-state index in [4.69, 9.17) is 0 Å². The molecule has 3 rings (SSSR count). The van der Waals surface area contributed by atoms with Crippen LogP contribution in [0, 0.1) is 23.2 Å². The number of Topliss-reactive ketones (excluding diaryl/α,β-unsaturated/α-hetero) is 1. The van der Waals surface area contributed by atoms with Gasteiger partial charge in [-0.25, -0.2) is 0 Å². The first kappa shape index (κ1) is 8.02. The fourth-order valence-corrected chi connectivity index (χ4v) is 4.55. The van der Waals surface area contributed by atoms with Crippen LogP contribution in [0.1, 0.15) is 45.4 Å². The summed E-state index contributed by atoms with van der Waals surface area (Å²) in [5, 5.41) is 0. The van der Waals surface area contributed by atoms with Crippen molar-refractivity contribution in [3.05, 3.63) is 0 Å². The van der Waals surface area contributed by atoms with Gasteiger partial charge in [0.1, 0.15) is 5.78 Å². The van der Waals surface area contributed by atoms with Crippen LogP contribution in [0.3, 0.4) is 0 Å². The molecule has 0 aliphatic heterocycles. The highest BCUT2D eigenvalue weighted by molar-refractivity contribution is 5.84. The minimum absolute atomic E-state index is 0.441. The second-order valence-corrected chi connectivity index (χ2v) is 5.50. The molecule has 0 bridgehead atoms. The van der Waals surface area contributed by atoms with Gasteiger partial charge in [-0.05, 0) is 42.9 Å². The molecule has 0 radical (unpaired) electrons. The van der Waals surface area contributed by atoms with Gasteiger partial charge in [0.25, 0.3) is 0 Å². The number of hydrogen-bond acceptors (Lipinski definition) is 1. The molecule has 0 heterocycles. The normalized spacial score (nSPS) is 53.9. The van der Waals surface area contributed by atoms with Crippen molar-refractivity contribution in [1.29, 1.82) is 0 Å². The highest BCUT2D eigenvalue weighted by Crippen LogP contribution is 2.66. The molecular weight excluding hydrogens is 160 g/mol. The van der Waals surface area contributed by atoms with Crippen LogP contribution in [-0.4, -0.2) is 5.78 Å². The Hall–Kier alpha value is -0.330. The summed E-state index contributed by atoms with van der Waals surface area (Å²) in [5.41, 5.74) is 0.441. The van der Waals surface area contributed by atoms with Crippen LogP contribution in [0.25, 0.3) is 0 Å². The Morgan fingerprint density at radius 3 is 3.00 bits per heavy atom. The average molecular weight is 178 g/mol. The van der Waals surface area contributed by atoms with Crippen LogP contribution in [0.4, 0.5) is 0 Å². The zero-order chi connectivity index (χ0) is 9.05. The van der Waals surface area contributed by atoms with Crippen molar-refractivity contribution in [2.75, 3.05) is 0 Å². The summed E-state index contributed by atoms with van der Waals surface area (Å²) in [7, 11) is 0. The molecule has 4 unspecified atom stereocenters. The SMILES string of the molecule is CC12CCCC(=O)C1C1CCCC12. The molecule has 0 saturated heterocycles. The lowest BCUT2D eigenvalue weighted by atomic mass is 9.44. The summed E-state index contributed by atoms with van der Waals surface area (Å²) in [6.45, 7) is 2.38. The molecule has 1 heteroatoms. The van der Waals surface area contributed by atoms with E-state index in [2.05, 4.69) is 6.92 Å².